The molecule has 1 amide bonds. The normalized spacial score (nSPS) is 18.5. The third kappa shape index (κ3) is 4.64. The van der Waals surface area contributed by atoms with Crippen molar-refractivity contribution in [2.75, 3.05) is 26.3 Å². The van der Waals surface area contributed by atoms with E-state index in [9.17, 15) is 4.79 Å². The van der Waals surface area contributed by atoms with Crippen molar-refractivity contribution < 1.29 is 14.3 Å². The van der Waals surface area contributed by atoms with E-state index in [2.05, 4.69) is 41.1 Å². The standard InChI is InChI=1S/C22H22N2O3S/c1-16-5-7-17(8-6-16)15-27-19-4-2-3-18(13-19)14-20-21(25)23-22(28-20)24-9-11-26-12-10-24/h2-8,13-14H,9-12,15H2,1H3/b20-14-. The summed E-state index contributed by atoms with van der Waals surface area (Å²) in [5.74, 6) is 0.595. The molecule has 1 fully saturated rings. The Labute approximate surface area is 169 Å². The maximum atomic E-state index is 12.3. The number of benzene rings is 2. The van der Waals surface area contributed by atoms with Gasteiger partial charge in [0, 0.05) is 13.1 Å². The zero-order valence-corrected chi connectivity index (χ0v) is 16.6. The van der Waals surface area contributed by atoms with Crippen LogP contribution in [0.3, 0.4) is 0 Å². The highest BCUT2D eigenvalue weighted by Gasteiger charge is 2.27. The number of amidine groups is 1. The predicted molar refractivity (Wildman–Crippen MR) is 112 cm³/mol. The molecule has 6 heteroatoms. The lowest BCUT2D eigenvalue weighted by molar-refractivity contribution is -0.113. The molecule has 1 saturated heterocycles. The first-order valence-electron chi connectivity index (χ1n) is 9.31. The first kappa shape index (κ1) is 18.8. The number of ether oxygens (including phenoxy) is 2. The molecule has 0 bridgehead atoms. The number of thioether (sulfide) groups is 1. The fourth-order valence-electron chi connectivity index (χ4n) is 2.98. The predicted octanol–water partition coefficient (Wildman–Crippen LogP) is 3.88. The smallest absolute Gasteiger partial charge is 0.286 e. The van der Waals surface area contributed by atoms with E-state index in [1.165, 1.54) is 17.3 Å². The van der Waals surface area contributed by atoms with Crippen molar-refractivity contribution in [3.63, 3.8) is 0 Å². The number of amides is 1. The van der Waals surface area contributed by atoms with Gasteiger partial charge in [0.15, 0.2) is 5.17 Å². The van der Waals surface area contributed by atoms with Crippen molar-refractivity contribution in [2.24, 2.45) is 4.99 Å². The number of nitrogens with zero attached hydrogens (tertiary/aromatic N) is 2. The number of morpholine rings is 1. The Morgan fingerprint density at radius 1 is 1.18 bits per heavy atom. The molecular formula is C22H22N2O3S. The van der Waals surface area contributed by atoms with Crippen LogP contribution in [0.1, 0.15) is 16.7 Å². The van der Waals surface area contributed by atoms with Gasteiger partial charge in [-0.2, -0.15) is 4.99 Å². The molecule has 2 aliphatic rings. The van der Waals surface area contributed by atoms with Gasteiger partial charge < -0.3 is 14.4 Å². The highest BCUT2D eigenvalue weighted by atomic mass is 32.2. The summed E-state index contributed by atoms with van der Waals surface area (Å²) < 4.78 is 11.3. The van der Waals surface area contributed by atoms with Crippen LogP contribution >= 0.6 is 11.8 Å². The van der Waals surface area contributed by atoms with Crippen LogP contribution in [0, 0.1) is 6.92 Å². The number of hydrogen-bond acceptors (Lipinski definition) is 5. The molecule has 2 aromatic carbocycles. The van der Waals surface area contributed by atoms with Crippen LogP contribution in [0.2, 0.25) is 0 Å². The maximum absolute atomic E-state index is 12.3. The molecule has 0 unspecified atom stereocenters. The van der Waals surface area contributed by atoms with Crippen LogP contribution in [0.15, 0.2) is 58.4 Å². The number of carbonyl (C=O) groups is 1. The monoisotopic (exact) mass is 394 g/mol. The topological polar surface area (TPSA) is 51.1 Å². The number of aliphatic imine (C=N–C) groups is 1. The minimum absolute atomic E-state index is 0.183. The van der Waals surface area contributed by atoms with E-state index >= 15 is 0 Å². The lowest BCUT2D eigenvalue weighted by Gasteiger charge is -2.27. The number of carbonyl (C=O) groups excluding carboxylic acids is 1. The van der Waals surface area contributed by atoms with Gasteiger partial charge in [-0.05, 0) is 48.0 Å². The fraction of sp³-hybridized carbons (Fsp3) is 0.273. The Hall–Kier alpha value is -2.57. The van der Waals surface area contributed by atoms with Crippen LogP contribution < -0.4 is 4.74 Å². The maximum Gasteiger partial charge on any atom is 0.286 e. The second-order valence-electron chi connectivity index (χ2n) is 6.76. The molecule has 4 rings (SSSR count). The molecule has 0 saturated carbocycles. The lowest BCUT2D eigenvalue weighted by atomic mass is 10.1. The fourth-order valence-corrected chi connectivity index (χ4v) is 3.95. The highest BCUT2D eigenvalue weighted by molar-refractivity contribution is 8.18. The van der Waals surface area contributed by atoms with Crippen molar-refractivity contribution in [3.8, 4) is 5.75 Å². The van der Waals surface area contributed by atoms with Gasteiger partial charge in [-0.15, -0.1) is 0 Å². The molecular weight excluding hydrogens is 372 g/mol. The van der Waals surface area contributed by atoms with E-state index in [1.807, 2.05) is 30.3 Å². The quantitative estimate of drug-likeness (QED) is 0.737. The average molecular weight is 394 g/mol. The van der Waals surface area contributed by atoms with E-state index in [-0.39, 0.29) is 5.91 Å². The highest BCUT2D eigenvalue weighted by Crippen LogP contribution is 2.31. The summed E-state index contributed by atoms with van der Waals surface area (Å²) in [4.78, 5) is 19.2. The zero-order valence-electron chi connectivity index (χ0n) is 15.8. The van der Waals surface area contributed by atoms with E-state index < -0.39 is 0 Å². The van der Waals surface area contributed by atoms with E-state index in [0.717, 1.165) is 35.1 Å². The third-order valence-electron chi connectivity index (χ3n) is 4.57. The van der Waals surface area contributed by atoms with Gasteiger partial charge in [0.25, 0.3) is 5.91 Å². The number of hydrogen-bond donors (Lipinski definition) is 0. The van der Waals surface area contributed by atoms with Crippen LogP contribution in [0.4, 0.5) is 0 Å². The van der Waals surface area contributed by atoms with Gasteiger partial charge in [-0.1, -0.05) is 42.0 Å². The van der Waals surface area contributed by atoms with Crippen molar-refractivity contribution in [1.82, 2.24) is 4.90 Å². The summed E-state index contributed by atoms with van der Waals surface area (Å²) in [6, 6.07) is 16.1. The molecule has 0 aromatic heterocycles. The minimum atomic E-state index is -0.183. The summed E-state index contributed by atoms with van der Waals surface area (Å²) in [6.45, 7) is 5.47. The SMILES string of the molecule is Cc1ccc(COc2cccc(/C=C3\SC(N4CCOCC4)=NC3=O)c2)cc1. The summed E-state index contributed by atoms with van der Waals surface area (Å²) in [5.41, 5.74) is 3.28. The van der Waals surface area contributed by atoms with Crippen molar-refractivity contribution in [2.45, 2.75) is 13.5 Å². The third-order valence-corrected chi connectivity index (χ3v) is 5.62. The van der Waals surface area contributed by atoms with Crippen LogP contribution in [0.5, 0.6) is 5.75 Å². The van der Waals surface area contributed by atoms with Crippen molar-refractivity contribution in [3.05, 3.63) is 70.1 Å². The van der Waals surface area contributed by atoms with Crippen LogP contribution in [-0.2, 0) is 16.1 Å². The molecule has 0 aliphatic carbocycles. The molecule has 144 valence electrons. The molecule has 0 atom stereocenters. The Balaban J connectivity index is 1.41. The van der Waals surface area contributed by atoms with Gasteiger partial charge in [-0.3, -0.25) is 4.79 Å². The summed E-state index contributed by atoms with van der Waals surface area (Å²) in [5, 5.41) is 0.770. The molecule has 2 heterocycles. The number of aryl methyl sites for hydroxylation is 1. The largest absolute Gasteiger partial charge is 0.489 e. The van der Waals surface area contributed by atoms with E-state index in [1.54, 1.807) is 0 Å². The van der Waals surface area contributed by atoms with Crippen LogP contribution in [-0.4, -0.2) is 42.3 Å². The van der Waals surface area contributed by atoms with Gasteiger partial charge in [0.05, 0.1) is 18.1 Å². The molecule has 2 aliphatic heterocycles. The van der Waals surface area contributed by atoms with E-state index in [0.29, 0.717) is 24.7 Å². The summed E-state index contributed by atoms with van der Waals surface area (Å²) in [6.07, 6.45) is 1.88. The second kappa shape index (κ2) is 8.63. The van der Waals surface area contributed by atoms with Gasteiger partial charge in [-0.25, -0.2) is 0 Å². The van der Waals surface area contributed by atoms with Gasteiger partial charge >= 0.3 is 0 Å². The van der Waals surface area contributed by atoms with Crippen molar-refractivity contribution in [1.29, 1.82) is 0 Å². The minimum Gasteiger partial charge on any atom is -0.489 e. The molecule has 0 N–H and O–H groups in total. The molecule has 28 heavy (non-hydrogen) atoms. The Morgan fingerprint density at radius 2 is 1.96 bits per heavy atom. The zero-order chi connectivity index (χ0) is 19.3. The van der Waals surface area contributed by atoms with E-state index in [4.69, 9.17) is 9.47 Å². The Kier molecular flexibility index (Phi) is 5.78. The molecule has 0 radical (unpaired) electrons. The van der Waals surface area contributed by atoms with Crippen LogP contribution in [0.25, 0.3) is 6.08 Å². The Bertz CT molecular complexity index is 916. The summed E-state index contributed by atoms with van der Waals surface area (Å²) >= 11 is 1.43. The van der Waals surface area contributed by atoms with Gasteiger partial charge in [0.1, 0.15) is 12.4 Å². The number of rotatable bonds is 4. The van der Waals surface area contributed by atoms with Crippen molar-refractivity contribution >= 4 is 28.9 Å². The lowest BCUT2D eigenvalue weighted by Crippen LogP contribution is -2.38. The molecule has 0 spiro atoms. The summed E-state index contributed by atoms with van der Waals surface area (Å²) in [7, 11) is 0. The Morgan fingerprint density at radius 3 is 2.75 bits per heavy atom. The second-order valence-corrected chi connectivity index (χ2v) is 7.77. The first-order valence-corrected chi connectivity index (χ1v) is 10.1. The molecule has 2 aromatic rings. The van der Waals surface area contributed by atoms with Gasteiger partial charge in [0.2, 0.25) is 0 Å². The molecule has 5 nitrogen and oxygen atoms in total. The average Bonchev–Trinajstić information content (AvgIpc) is 3.09. The first-order chi connectivity index (χ1) is 13.7.